The van der Waals surface area contributed by atoms with Crippen molar-refractivity contribution in [2.24, 2.45) is 0 Å². The van der Waals surface area contributed by atoms with Gasteiger partial charge in [-0.25, -0.2) is 0 Å². The monoisotopic (exact) mass is 221 g/mol. The lowest BCUT2D eigenvalue weighted by Crippen LogP contribution is -2.40. The van der Waals surface area contributed by atoms with Crippen molar-refractivity contribution in [3.63, 3.8) is 0 Å². The summed E-state index contributed by atoms with van der Waals surface area (Å²) in [6.07, 6.45) is 3.54. The van der Waals surface area contributed by atoms with Gasteiger partial charge in [0.15, 0.2) is 0 Å². The standard InChI is InChI=1S/C12H19N3O/c1-12(2,9-15-11(16)8-13-3)10-4-6-14-7-5-10/h4-7,13H,8-9H2,1-3H3,(H,15,16). The van der Waals surface area contributed by atoms with Gasteiger partial charge in [0.2, 0.25) is 5.91 Å². The average molecular weight is 221 g/mol. The molecule has 1 amide bonds. The number of hydrogen-bond acceptors (Lipinski definition) is 3. The first-order chi connectivity index (χ1) is 7.56. The number of rotatable bonds is 5. The van der Waals surface area contributed by atoms with E-state index in [0.29, 0.717) is 13.1 Å². The highest BCUT2D eigenvalue weighted by Crippen LogP contribution is 2.20. The van der Waals surface area contributed by atoms with Crippen LogP contribution in [-0.4, -0.2) is 31.0 Å². The SMILES string of the molecule is CNCC(=O)NCC(C)(C)c1ccncc1. The summed E-state index contributed by atoms with van der Waals surface area (Å²) < 4.78 is 0. The second-order valence-corrected chi connectivity index (χ2v) is 4.43. The van der Waals surface area contributed by atoms with Crippen LogP contribution in [0.2, 0.25) is 0 Å². The Morgan fingerprint density at radius 3 is 2.56 bits per heavy atom. The van der Waals surface area contributed by atoms with Gasteiger partial charge in [-0.05, 0) is 24.7 Å². The van der Waals surface area contributed by atoms with E-state index in [9.17, 15) is 4.79 Å². The fourth-order valence-corrected chi connectivity index (χ4v) is 1.45. The minimum Gasteiger partial charge on any atom is -0.354 e. The van der Waals surface area contributed by atoms with E-state index in [0.717, 1.165) is 0 Å². The largest absolute Gasteiger partial charge is 0.354 e. The molecule has 1 rings (SSSR count). The summed E-state index contributed by atoms with van der Waals surface area (Å²) in [5.74, 6) is 0.0182. The maximum Gasteiger partial charge on any atom is 0.233 e. The average Bonchev–Trinajstić information content (AvgIpc) is 2.28. The first-order valence-electron chi connectivity index (χ1n) is 5.38. The van der Waals surface area contributed by atoms with Gasteiger partial charge >= 0.3 is 0 Å². The topological polar surface area (TPSA) is 54.0 Å². The summed E-state index contributed by atoms with van der Waals surface area (Å²) in [5, 5.41) is 5.72. The second kappa shape index (κ2) is 5.61. The van der Waals surface area contributed by atoms with E-state index >= 15 is 0 Å². The molecule has 0 aliphatic heterocycles. The summed E-state index contributed by atoms with van der Waals surface area (Å²) in [5.41, 5.74) is 1.10. The molecule has 1 aromatic rings. The maximum absolute atomic E-state index is 11.3. The molecule has 1 aromatic heterocycles. The normalized spacial score (nSPS) is 11.2. The lowest BCUT2D eigenvalue weighted by molar-refractivity contribution is -0.120. The number of nitrogens with one attached hydrogen (secondary N) is 2. The van der Waals surface area contributed by atoms with Gasteiger partial charge in [0.05, 0.1) is 6.54 Å². The van der Waals surface area contributed by atoms with Crippen molar-refractivity contribution in [2.75, 3.05) is 20.1 Å². The fraction of sp³-hybridized carbons (Fsp3) is 0.500. The number of likely N-dealkylation sites (N-methyl/N-ethyl adjacent to an activating group) is 1. The number of pyridine rings is 1. The van der Waals surface area contributed by atoms with Crippen LogP contribution < -0.4 is 10.6 Å². The van der Waals surface area contributed by atoms with Crippen molar-refractivity contribution < 1.29 is 4.79 Å². The van der Waals surface area contributed by atoms with Gasteiger partial charge in [0.1, 0.15) is 0 Å². The third kappa shape index (κ3) is 3.62. The van der Waals surface area contributed by atoms with Crippen LogP contribution >= 0.6 is 0 Å². The van der Waals surface area contributed by atoms with Crippen molar-refractivity contribution >= 4 is 5.91 Å². The molecule has 0 saturated carbocycles. The molecule has 1 heterocycles. The molecule has 0 fully saturated rings. The molecule has 0 bridgehead atoms. The van der Waals surface area contributed by atoms with E-state index in [1.165, 1.54) is 5.56 Å². The van der Waals surface area contributed by atoms with Crippen molar-refractivity contribution in [3.8, 4) is 0 Å². The zero-order chi connectivity index (χ0) is 12.0. The molecule has 0 atom stereocenters. The quantitative estimate of drug-likeness (QED) is 0.769. The Balaban J connectivity index is 2.55. The molecule has 0 aliphatic rings. The molecule has 0 unspecified atom stereocenters. The van der Waals surface area contributed by atoms with Crippen molar-refractivity contribution in [1.82, 2.24) is 15.6 Å². The van der Waals surface area contributed by atoms with Crippen LogP contribution in [0.1, 0.15) is 19.4 Å². The smallest absolute Gasteiger partial charge is 0.233 e. The predicted molar refractivity (Wildman–Crippen MR) is 64.2 cm³/mol. The molecule has 88 valence electrons. The van der Waals surface area contributed by atoms with Crippen LogP contribution in [0, 0.1) is 0 Å². The molecule has 4 nitrogen and oxygen atoms in total. The zero-order valence-electron chi connectivity index (χ0n) is 10.1. The summed E-state index contributed by atoms with van der Waals surface area (Å²) in [6, 6.07) is 3.95. The molecule has 2 N–H and O–H groups in total. The molecule has 16 heavy (non-hydrogen) atoms. The van der Waals surface area contributed by atoms with E-state index in [1.54, 1.807) is 19.4 Å². The first kappa shape index (κ1) is 12.6. The van der Waals surface area contributed by atoms with Crippen molar-refractivity contribution in [2.45, 2.75) is 19.3 Å². The van der Waals surface area contributed by atoms with Crippen LogP contribution in [0.15, 0.2) is 24.5 Å². The minimum atomic E-state index is -0.0770. The van der Waals surface area contributed by atoms with Crippen LogP contribution in [0.4, 0.5) is 0 Å². The Kier molecular flexibility index (Phi) is 4.43. The third-order valence-electron chi connectivity index (χ3n) is 2.53. The van der Waals surface area contributed by atoms with E-state index in [2.05, 4.69) is 29.5 Å². The zero-order valence-corrected chi connectivity index (χ0v) is 10.1. The van der Waals surface area contributed by atoms with Crippen LogP contribution in [0.3, 0.4) is 0 Å². The van der Waals surface area contributed by atoms with Gasteiger partial charge < -0.3 is 10.6 Å². The lowest BCUT2D eigenvalue weighted by Gasteiger charge is -2.25. The number of carbonyl (C=O) groups excluding carboxylic acids is 1. The highest BCUT2D eigenvalue weighted by Gasteiger charge is 2.20. The molecular formula is C12H19N3O. The number of aromatic nitrogens is 1. The molecule has 0 radical (unpaired) electrons. The lowest BCUT2D eigenvalue weighted by atomic mass is 9.85. The molecule has 4 heteroatoms. The Labute approximate surface area is 96.5 Å². The second-order valence-electron chi connectivity index (χ2n) is 4.43. The molecule has 0 aromatic carbocycles. The maximum atomic E-state index is 11.3. The number of carbonyl (C=O) groups is 1. The Morgan fingerprint density at radius 2 is 2.00 bits per heavy atom. The van der Waals surface area contributed by atoms with Gasteiger partial charge in [-0.3, -0.25) is 9.78 Å². The Hall–Kier alpha value is -1.42. The number of hydrogen-bond donors (Lipinski definition) is 2. The third-order valence-corrected chi connectivity index (χ3v) is 2.53. The van der Waals surface area contributed by atoms with Gasteiger partial charge in [-0.1, -0.05) is 13.8 Å². The summed E-state index contributed by atoms with van der Waals surface area (Å²) in [4.78, 5) is 15.3. The van der Waals surface area contributed by atoms with Gasteiger partial charge in [0, 0.05) is 24.4 Å². The van der Waals surface area contributed by atoms with Crippen molar-refractivity contribution in [1.29, 1.82) is 0 Å². The predicted octanol–water partition coefficient (Wildman–Crippen LogP) is 0.695. The van der Waals surface area contributed by atoms with Crippen LogP contribution in [0.5, 0.6) is 0 Å². The van der Waals surface area contributed by atoms with E-state index < -0.39 is 0 Å². The highest BCUT2D eigenvalue weighted by atomic mass is 16.1. The summed E-state index contributed by atoms with van der Waals surface area (Å²) in [7, 11) is 1.76. The minimum absolute atomic E-state index is 0.0182. The van der Waals surface area contributed by atoms with Gasteiger partial charge in [-0.2, -0.15) is 0 Å². The number of nitrogens with zero attached hydrogens (tertiary/aromatic N) is 1. The Morgan fingerprint density at radius 1 is 1.38 bits per heavy atom. The number of amides is 1. The Bertz CT molecular complexity index is 335. The molecule has 0 spiro atoms. The molecular weight excluding hydrogens is 202 g/mol. The summed E-state index contributed by atoms with van der Waals surface area (Å²) >= 11 is 0. The summed E-state index contributed by atoms with van der Waals surface area (Å²) in [6.45, 7) is 5.17. The van der Waals surface area contributed by atoms with E-state index in [1.807, 2.05) is 12.1 Å². The highest BCUT2D eigenvalue weighted by molar-refractivity contribution is 5.78. The van der Waals surface area contributed by atoms with Crippen molar-refractivity contribution in [3.05, 3.63) is 30.1 Å². The van der Waals surface area contributed by atoms with Crippen LogP contribution in [-0.2, 0) is 10.2 Å². The van der Waals surface area contributed by atoms with Crippen LogP contribution in [0.25, 0.3) is 0 Å². The van der Waals surface area contributed by atoms with E-state index in [-0.39, 0.29) is 11.3 Å². The van der Waals surface area contributed by atoms with E-state index in [4.69, 9.17) is 0 Å². The van der Waals surface area contributed by atoms with Gasteiger partial charge in [0.25, 0.3) is 0 Å². The fourth-order valence-electron chi connectivity index (χ4n) is 1.45. The molecule has 0 aliphatic carbocycles. The first-order valence-corrected chi connectivity index (χ1v) is 5.38. The molecule has 0 saturated heterocycles. The van der Waals surface area contributed by atoms with Gasteiger partial charge in [-0.15, -0.1) is 0 Å².